The van der Waals surface area contributed by atoms with Gasteiger partial charge in [-0.2, -0.15) is 5.10 Å². The van der Waals surface area contributed by atoms with Gasteiger partial charge in [-0.15, -0.1) is 0 Å². The molecule has 0 spiro atoms. The molecule has 4 heteroatoms. The Morgan fingerprint density at radius 3 is 3.00 bits per heavy atom. The number of rotatable bonds is 2. The molecule has 0 aliphatic heterocycles. The summed E-state index contributed by atoms with van der Waals surface area (Å²) in [5.74, 6) is -0.362. The Balaban J connectivity index is 2.53. The van der Waals surface area contributed by atoms with Crippen molar-refractivity contribution in [2.75, 3.05) is 6.61 Å². The molecule has 0 radical (unpaired) electrons. The van der Waals surface area contributed by atoms with Crippen molar-refractivity contribution < 1.29 is 9.53 Å². The lowest BCUT2D eigenvalue weighted by molar-refractivity contribution is 0.0518. The lowest BCUT2D eigenvalue weighted by Crippen LogP contribution is -2.06. The number of hydrogen-bond donors (Lipinski definition) is 0. The van der Waals surface area contributed by atoms with E-state index in [1.54, 1.807) is 11.4 Å². The molecule has 0 bridgehead atoms. The molecular formula is C11H12N2O2. The minimum absolute atomic E-state index is 0.362. The summed E-state index contributed by atoms with van der Waals surface area (Å²) < 4.78 is 6.61. The molecule has 0 aliphatic rings. The van der Waals surface area contributed by atoms with Crippen LogP contribution in [-0.2, 0) is 4.74 Å². The highest BCUT2D eigenvalue weighted by molar-refractivity contribution is 5.91. The van der Waals surface area contributed by atoms with Crippen molar-refractivity contribution in [1.82, 2.24) is 9.61 Å². The van der Waals surface area contributed by atoms with Crippen molar-refractivity contribution in [1.29, 1.82) is 0 Å². The number of carbonyl (C=O) groups is 1. The molecule has 0 N–H and O–H groups in total. The van der Waals surface area contributed by atoms with Crippen LogP contribution < -0.4 is 0 Å². The Kier molecular flexibility index (Phi) is 2.41. The number of nitrogens with zero attached hydrogens (tertiary/aromatic N) is 2. The first-order valence-electron chi connectivity index (χ1n) is 4.85. The zero-order valence-electron chi connectivity index (χ0n) is 8.73. The first-order chi connectivity index (χ1) is 7.24. The van der Waals surface area contributed by atoms with Gasteiger partial charge in [0.15, 0.2) is 5.69 Å². The molecule has 2 heterocycles. The molecule has 2 aromatic heterocycles. The van der Waals surface area contributed by atoms with Gasteiger partial charge in [-0.05, 0) is 26.0 Å². The van der Waals surface area contributed by atoms with E-state index in [2.05, 4.69) is 5.10 Å². The van der Waals surface area contributed by atoms with Crippen LogP contribution in [0.15, 0.2) is 24.4 Å². The minimum Gasteiger partial charge on any atom is -0.461 e. The summed E-state index contributed by atoms with van der Waals surface area (Å²) in [6.07, 6.45) is 1.81. The normalized spacial score (nSPS) is 10.5. The Morgan fingerprint density at radius 2 is 2.33 bits per heavy atom. The van der Waals surface area contributed by atoms with Crippen LogP contribution >= 0.6 is 0 Å². The summed E-state index contributed by atoms with van der Waals surface area (Å²) in [6.45, 7) is 4.02. The maximum absolute atomic E-state index is 11.5. The summed E-state index contributed by atoms with van der Waals surface area (Å²) in [4.78, 5) is 11.5. The van der Waals surface area contributed by atoms with E-state index in [0.717, 1.165) is 11.1 Å². The van der Waals surface area contributed by atoms with Crippen LogP contribution in [0.25, 0.3) is 5.52 Å². The molecule has 2 rings (SSSR count). The van der Waals surface area contributed by atoms with Crippen LogP contribution in [0.5, 0.6) is 0 Å². The smallest absolute Gasteiger partial charge is 0.359 e. The van der Waals surface area contributed by atoms with Gasteiger partial charge < -0.3 is 4.74 Å². The van der Waals surface area contributed by atoms with Gasteiger partial charge in [0.1, 0.15) is 0 Å². The van der Waals surface area contributed by atoms with Crippen molar-refractivity contribution in [3.05, 3.63) is 35.7 Å². The average molecular weight is 204 g/mol. The van der Waals surface area contributed by atoms with Crippen LogP contribution in [0.2, 0.25) is 0 Å². The van der Waals surface area contributed by atoms with E-state index in [0.29, 0.717) is 12.3 Å². The molecule has 0 amide bonds. The third-order valence-electron chi connectivity index (χ3n) is 2.26. The molecule has 0 saturated heterocycles. The van der Waals surface area contributed by atoms with Gasteiger partial charge in [0, 0.05) is 11.8 Å². The van der Waals surface area contributed by atoms with Crippen LogP contribution in [-0.4, -0.2) is 22.2 Å². The van der Waals surface area contributed by atoms with E-state index < -0.39 is 0 Å². The number of carbonyl (C=O) groups excluding carboxylic acids is 1. The van der Waals surface area contributed by atoms with Crippen molar-refractivity contribution in [2.45, 2.75) is 13.8 Å². The zero-order valence-corrected chi connectivity index (χ0v) is 8.73. The summed E-state index contributed by atoms with van der Waals surface area (Å²) in [5.41, 5.74) is 2.18. The van der Waals surface area contributed by atoms with Gasteiger partial charge in [-0.3, -0.25) is 0 Å². The molecule has 0 aromatic carbocycles. The minimum atomic E-state index is -0.362. The fourth-order valence-electron chi connectivity index (χ4n) is 1.52. The second-order valence-corrected chi connectivity index (χ2v) is 3.22. The summed E-state index contributed by atoms with van der Waals surface area (Å²) in [7, 11) is 0. The molecule has 0 atom stereocenters. The number of hydrogen-bond acceptors (Lipinski definition) is 3. The summed E-state index contributed by atoms with van der Waals surface area (Å²) in [5, 5.41) is 4.17. The number of aromatic nitrogens is 2. The van der Waals surface area contributed by atoms with Crippen molar-refractivity contribution >= 4 is 11.5 Å². The van der Waals surface area contributed by atoms with Crippen molar-refractivity contribution in [2.24, 2.45) is 0 Å². The largest absolute Gasteiger partial charge is 0.461 e. The maximum atomic E-state index is 11.5. The lowest BCUT2D eigenvalue weighted by Gasteiger charge is -1.97. The van der Waals surface area contributed by atoms with Crippen LogP contribution in [0.1, 0.15) is 23.0 Å². The molecule has 0 saturated carbocycles. The summed E-state index contributed by atoms with van der Waals surface area (Å²) >= 11 is 0. The van der Waals surface area contributed by atoms with Gasteiger partial charge in [-0.25, -0.2) is 9.31 Å². The first-order valence-corrected chi connectivity index (χ1v) is 4.85. The highest BCUT2D eigenvalue weighted by atomic mass is 16.5. The Bertz CT molecular complexity index is 502. The van der Waals surface area contributed by atoms with E-state index in [-0.39, 0.29) is 5.97 Å². The molecule has 78 valence electrons. The van der Waals surface area contributed by atoms with E-state index >= 15 is 0 Å². The first kappa shape index (κ1) is 9.71. The van der Waals surface area contributed by atoms with Crippen molar-refractivity contribution in [3.63, 3.8) is 0 Å². The van der Waals surface area contributed by atoms with Gasteiger partial charge in [-0.1, -0.05) is 6.07 Å². The molecule has 15 heavy (non-hydrogen) atoms. The van der Waals surface area contributed by atoms with Gasteiger partial charge >= 0.3 is 5.97 Å². The van der Waals surface area contributed by atoms with E-state index in [9.17, 15) is 4.79 Å². The second-order valence-electron chi connectivity index (χ2n) is 3.22. The van der Waals surface area contributed by atoms with E-state index in [4.69, 9.17) is 4.74 Å². The molecule has 0 unspecified atom stereocenters. The molecule has 0 fully saturated rings. The third-order valence-corrected chi connectivity index (χ3v) is 2.26. The van der Waals surface area contributed by atoms with Crippen LogP contribution in [0, 0.1) is 6.92 Å². The number of pyridine rings is 1. The highest BCUT2D eigenvalue weighted by Crippen LogP contribution is 2.14. The monoisotopic (exact) mass is 204 g/mol. The Hall–Kier alpha value is -1.84. The lowest BCUT2D eigenvalue weighted by atomic mass is 10.2. The highest BCUT2D eigenvalue weighted by Gasteiger charge is 2.16. The van der Waals surface area contributed by atoms with Crippen LogP contribution in [0.3, 0.4) is 0 Å². The fourth-order valence-corrected chi connectivity index (χ4v) is 1.52. The molecule has 0 aliphatic carbocycles. The SMILES string of the molecule is CCOC(=O)c1nn2ccccc2c1C. The Morgan fingerprint density at radius 1 is 1.53 bits per heavy atom. The molecule has 4 nitrogen and oxygen atoms in total. The quantitative estimate of drug-likeness (QED) is 0.701. The topological polar surface area (TPSA) is 43.6 Å². The van der Waals surface area contributed by atoms with Crippen molar-refractivity contribution in [3.8, 4) is 0 Å². The van der Waals surface area contributed by atoms with Gasteiger partial charge in [0.25, 0.3) is 0 Å². The van der Waals surface area contributed by atoms with Gasteiger partial charge in [0.2, 0.25) is 0 Å². The van der Waals surface area contributed by atoms with Crippen LogP contribution in [0.4, 0.5) is 0 Å². The third kappa shape index (κ3) is 1.58. The number of ether oxygens (including phenoxy) is 1. The molecular weight excluding hydrogens is 192 g/mol. The predicted octanol–water partition coefficient (Wildman–Crippen LogP) is 1.82. The average Bonchev–Trinajstić information content (AvgIpc) is 2.57. The Labute approximate surface area is 87.5 Å². The summed E-state index contributed by atoms with van der Waals surface area (Å²) in [6, 6.07) is 5.71. The van der Waals surface area contributed by atoms with Gasteiger partial charge in [0.05, 0.1) is 12.1 Å². The standard InChI is InChI=1S/C11H12N2O2/c1-3-15-11(14)10-8(2)9-6-4-5-7-13(9)12-10/h4-7H,3H2,1-2H3. The number of aryl methyl sites for hydroxylation is 1. The second kappa shape index (κ2) is 3.73. The number of esters is 1. The number of fused-ring (bicyclic) bond motifs is 1. The predicted molar refractivity (Wildman–Crippen MR) is 55.9 cm³/mol. The zero-order chi connectivity index (χ0) is 10.8. The maximum Gasteiger partial charge on any atom is 0.359 e. The van der Waals surface area contributed by atoms with E-state index in [1.807, 2.05) is 31.3 Å². The van der Waals surface area contributed by atoms with E-state index in [1.165, 1.54) is 0 Å². The molecule has 2 aromatic rings. The fraction of sp³-hybridized carbons (Fsp3) is 0.273.